The normalized spacial score (nSPS) is 11.5. The van der Waals surface area contributed by atoms with E-state index in [4.69, 9.17) is 4.98 Å². The molecule has 0 fully saturated rings. The van der Waals surface area contributed by atoms with Gasteiger partial charge in [-0.15, -0.1) is 0 Å². The fourth-order valence-electron chi connectivity index (χ4n) is 3.56. The molecule has 0 aliphatic carbocycles. The molecule has 6 nitrogen and oxygen atoms in total. The van der Waals surface area contributed by atoms with Crippen molar-refractivity contribution >= 4 is 22.2 Å². The molecular weight excluding hydrogens is 338 g/mol. The van der Waals surface area contributed by atoms with Gasteiger partial charge in [-0.1, -0.05) is 17.2 Å². The number of benzene rings is 2. The molecule has 2 aromatic carbocycles. The average molecular weight is 355 g/mol. The first kappa shape index (κ1) is 15.6. The third kappa shape index (κ3) is 2.54. The molecule has 3 heterocycles. The lowest BCUT2D eigenvalue weighted by molar-refractivity contribution is 1.00. The fourth-order valence-corrected chi connectivity index (χ4v) is 3.56. The highest BCUT2D eigenvalue weighted by Gasteiger charge is 2.14. The SMILES string of the molecule is Cc1cc(C)cc(-c2cnc3[nH]c(=O)n(-c4ccc5[nH]ccc5c4)c3n2)c1. The van der Waals surface area contributed by atoms with Crippen molar-refractivity contribution in [2.75, 3.05) is 0 Å². The summed E-state index contributed by atoms with van der Waals surface area (Å²) in [5, 5.41) is 1.03. The number of H-pyrrole nitrogens is 2. The van der Waals surface area contributed by atoms with E-state index in [1.807, 2.05) is 30.5 Å². The van der Waals surface area contributed by atoms with Crippen LogP contribution < -0.4 is 5.69 Å². The van der Waals surface area contributed by atoms with Crippen LogP contribution in [0.15, 0.2) is 59.7 Å². The highest BCUT2D eigenvalue weighted by molar-refractivity contribution is 5.82. The van der Waals surface area contributed by atoms with Crippen molar-refractivity contribution in [3.05, 3.63) is 76.5 Å². The van der Waals surface area contributed by atoms with Crippen molar-refractivity contribution in [3.8, 4) is 16.9 Å². The zero-order valence-electron chi connectivity index (χ0n) is 14.9. The lowest BCUT2D eigenvalue weighted by atomic mass is 10.1. The molecule has 0 aliphatic rings. The molecule has 5 aromatic rings. The first-order valence-corrected chi connectivity index (χ1v) is 8.72. The van der Waals surface area contributed by atoms with E-state index in [1.54, 1.807) is 10.8 Å². The molecule has 0 bridgehead atoms. The monoisotopic (exact) mass is 355 g/mol. The maximum Gasteiger partial charge on any atom is 0.333 e. The van der Waals surface area contributed by atoms with Crippen LogP contribution in [-0.4, -0.2) is 24.5 Å². The second kappa shape index (κ2) is 5.67. The van der Waals surface area contributed by atoms with Gasteiger partial charge in [0.2, 0.25) is 0 Å². The Bertz CT molecular complexity index is 1350. The van der Waals surface area contributed by atoms with Crippen molar-refractivity contribution in [1.82, 2.24) is 24.5 Å². The van der Waals surface area contributed by atoms with E-state index in [0.717, 1.165) is 39.0 Å². The Morgan fingerprint density at radius 3 is 2.63 bits per heavy atom. The van der Waals surface area contributed by atoms with Gasteiger partial charge in [0, 0.05) is 22.7 Å². The van der Waals surface area contributed by atoms with Crippen LogP contribution in [0, 0.1) is 13.8 Å². The second-order valence-corrected chi connectivity index (χ2v) is 6.82. The number of fused-ring (bicyclic) bond motifs is 2. The zero-order chi connectivity index (χ0) is 18.5. The Morgan fingerprint density at radius 2 is 1.81 bits per heavy atom. The Labute approximate surface area is 154 Å². The molecule has 0 aliphatic heterocycles. The van der Waals surface area contributed by atoms with Crippen LogP contribution in [-0.2, 0) is 0 Å². The van der Waals surface area contributed by atoms with Gasteiger partial charge in [-0.25, -0.2) is 19.3 Å². The first-order valence-electron chi connectivity index (χ1n) is 8.72. The minimum absolute atomic E-state index is 0.252. The average Bonchev–Trinajstić information content (AvgIpc) is 3.22. The van der Waals surface area contributed by atoms with E-state index in [2.05, 4.69) is 47.0 Å². The van der Waals surface area contributed by atoms with E-state index in [-0.39, 0.29) is 5.69 Å². The number of aromatic amines is 2. The summed E-state index contributed by atoms with van der Waals surface area (Å²) in [5.41, 5.74) is 6.57. The van der Waals surface area contributed by atoms with Crippen molar-refractivity contribution in [3.63, 3.8) is 0 Å². The summed E-state index contributed by atoms with van der Waals surface area (Å²) in [6.07, 6.45) is 3.58. The van der Waals surface area contributed by atoms with Crippen LogP contribution in [0.2, 0.25) is 0 Å². The molecule has 27 heavy (non-hydrogen) atoms. The number of hydrogen-bond donors (Lipinski definition) is 2. The Balaban J connectivity index is 1.75. The highest BCUT2D eigenvalue weighted by Crippen LogP contribution is 2.23. The number of rotatable bonds is 2. The van der Waals surface area contributed by atoms with Crippen molar-refractivity contribution in [2.45, 2.75) is 13.8 Å². The number of aryl methyl sites for hydroxylation is 2. The van der Waals surface area contributed by atoms with Crippen LogP contribution >= 0.6 is 0 Å². The lowest BCUT2D eigenvalue weighted by Gasteiger charge is -2.06. The molecule has 0 unspecified atom stereocenters. The van der Waals surface area contributed by atoms with E-state index in [9.17, 15) is 4.79 Å². The molecule has 0 amide bonds. The summed E-state index contributed by atoms with van der Waals surface area (Å²) >= 11 is 0. The smallest absolute Gasteiger partial charge is 0.333 e. The maximum atomic E-state index is 12.6. The van der Waals surface area contributed by atoms with E-state index in [1.165, 1.54) is 0 Å². The number of nitrogens with zero attached hydrogens (tertiary/aromatic N) is 3. The Hall–Kier alpha value is -3.67. The van der Waals surface area contributed by atoms with Crippen LogP contribution in [0.3, 0.4) is 0 Å². The molecule has 0 spiro atoms. The van der Waals surface area contributed by atoms with Crippen molar-refractivity contribution < 1.29 is 0 Å². The number of aromatic nitrogens is 5. The van der Waals surface area contributed by atoms with Gasteiger partial charge in [0.05, 0.1) is 17.6 Å². The minimum atomic E-state index is -0.252. The molecule has 0 saturated carbocycles. The quantitative estimate of drug-likeness (QED) is 0.504. The summed E-state index contributed by atoms with van der Waals surface area (Å²) in [5.74, 6) is 0. The van der Waals surface area contributed by atoms with Crippen LogP contribution in [0.4, 0.5) is 0 Å². The van der Waals surface area contributed by atoms with Crippen LogP contribution in [0.25, 0.3) is 39.1 Å². The van der Waals surface area contributed by atoms with Gasteiger partial charge in [0.25, 0.3) is 0 Å². The highest BCUT2D eigenvalue weighted by atomic mass is 16.1. The van der Waals surface area contributed by atoms with Crippen LogP contribution in [0.5, 0.6) is 0 Å². The van der Waals surface area contributed by atoms with Gasteiger partial charge in [-0.3, -0.25) is 4.98 Å². The van der Waals surface area contributed by atoms with Gasteiger partial charge < -0.3 is 4.98 Å². The first-order chi connectivity index (χ1) is 13.1. The van der Waals surface area contributed by atoms with Gasteiger partial charge in [-0.2, -0.15) is 0 Å². The van der Waals surface area contributed by atoms with Crippen molar-refractivity contribution in [2.24, 2.45) is 0 Å². The third-order valence-electron chi connectivity index (χ3n) is 4.71. The second-order valence-electron chi connectivity index (χ2n) is 6.82. The largest absolute Gasteiger partial charge is 0.361 e. The Morgan fingerprint density at radius 1 is 1.00 bits per heavy atom. The van der Waals surface area contributed by atoms with Gasteiger partial charge in [0.1, 0.15) is 0 Å². The maximum absolute atomic E-state index is 12.6. The molecular formula is C21H17N5O. The third-order valence-corrected chi connectivity index (χ3v) is 4.71. The van der Waals surface area contributed by atoms with Crippen molar-refractivity contribution in [1.29, 1.82) is 0 Å². The summed E-state index contributed by atoms with van der Waals surface area (Å²) in [4.78, 5) is 27.7. The van der Waals surface area contributed by atoms with Gasteiger partial charge in [0.15, 0.2) is 11.3 Å². The van der Waals surface area contributed by atoms with Crippen LogP contribution in [0.1, 0.15) is 11.1 Å². The zero-order valence-corrected chi connectivity index (χ0v) is 14.9. The van der Waals surface area contributed by atoms with E-state index in [0.29, 0.717) is 11.3 Å². The summed E-state index contributed by atoms with van der Waals surface area (Å²) < 4.78 is 1.57. The number of hydrogen-bond acceptors (Lipinski definition) is 3. The number of imidazole rings is 1. The topological polar surface area (TPSA) is 79.4 Å². The predicted molar refractivity (Wildman–Crippen MR) is 106 cm³/mol. The number of nitrogens with one attached hydrogen (secondary N) is 2. The minimum Gasteiger partial charge on any atom is -0.361 e. The van der Waals surface area contributed by atoms with Gasteiger partial charge >= 0.3 is 5.69 Å². The van der Waals surface area contributed by atoms with E-state index >= 15 is 0 Å². The summed E-state index contributed by atoms with van der Waals surface area (Å²) in [7, 11) is 0. The lowest BCUT2D eigenvalue weighted by Crippen LogP contribution is -2.14. The van der Waals surface area contributed by atoms with E-state index < -0.39 is 0 Å². The molecule has 132 valence electrons. The molecule has 0 atom stereocenters. The molecule has 6 heteroatoms. The molecule has 2 N–H and O–H groups in total. The summed E-state index contributed by atoms with van der Waals surface area (Å²) in [6.45, 7) is 4.11. The molecule has 0 radical (unpaired) electrons. The molecule has 0 saturated heterocycles. The predicted octanol–water partition coefficient (Wildman–Crippen LogP) is 3.87. The fraction of sp³-hybridized carbons (Fsp3) is 0.0952. The molecule has 3 aromatic heterocycles. The molecule has 5 rings (SSSR count). The summed E-state index contributed by atoms with van der Waals surface area (Å²) in [6, 6.07) is 14.1. The standard InChI is InChI=1S/C21H17N5O/c1-12-7-13(2)9-15(8-12)18-11-23-19-20(24-18)26(21(27)25-19)16-3-4-17-14(10-16)5-6-22-17/h3-11,22H,1-2H3,(H,23,25,27). The Kier molecular flexibility index (Phi) is 3.27. The van der Waals surface area contributed by atoms with Gasteiger partial charge in [-0.05, 0) is 50.2 Å².